The number of para-hydroxylation sites is 2. The number of amides is 1. The van der Waals surface area contributed by atoms with Gasteiger partial charge in [0, 0.05) is 25.4 Å². The average Bonchev–Trinajstić information content (AvgIpc) is 3.53. The van der Waals surface area contributed by atoms with Gasteiger partial charge in [-0.15, -0.1) is 0 Å². The molecule has 0 atom stereocenters. The summed E-state index contributed by atoms with van der Waals surface area (Å²) in [6.45, 7) is 4.18. The van der Waals surface area contributed by atoms with Crippen LogP contribution < -0.4 is 5.32 Å². The van der Waals surface area contributed by atoms with Gasteiger partial charge >= 0.3 is 0 Å². The van der Waals surface area contributed by atoms with E-state index < -0.39 is 0 Å². The van der Waals surface area contributed by atoms with Crippen LogP contribution in [0.5, 0.6) is 0 Å². The molecule has 0 bridgehead atoms. The molecular formula is C25H39N3O. The summed E-state index contributed by atoms with van der Waals surface area (Å²) < 4.78 is 2.45. The van der Waals surface area contributed by atoms with Gasteiger partial charge in [-0.25, -0.2) is 4.98 Å². The predicted octanol–water partition coefficient (Wildman–Crippen LogP) is 6.03. The Morgan fingerprint density at radius 2 is 1.72 bits per heavy atom. The van der Waals surface area contributed by atoms with Gasteiger partial charge in [-0.1, -0.05) is 64.0 Å². The lowest BCUT2D eigenvalue weighted by atomic mass is 10.1. The van der Waals surface area contributed by atoms with Crippen molar-refractivity contribution in [1.82, 2.24) is 14.9 Å². The maximum atomic E-state index is 11.7. The second-order valence-corrected chi connectivity index (χ2v) is 8.67. The Kier molecular flexibility index (Phi) is 9.04. The molecule has 0 unspecified atom stereocenters. The quantitative estimate of drug-likeness (QED) is 0.373. The van der Waals surface area contributed by atoms with E-state index in [2.05, 4.69) is 41.1 Å². The monoisotopic (exact) mass is 397 g/mol. The summed E-state index contributed by atoms with van der Waals surface area (Å²) in [6, 6.07) is 8.55. The molecule has 160 valence electrons. The average molecular weight is 398 g/mol. The number of unbranched alkanes of at least 4 members (excludes halogenated alkanes) is 8. The molecule has 4 nitrogen and oxygen atoms in total. The zero-order chi connectivity index (χ0) is 20.3. The van der Waals surface area contributed by atoms with E-state index in [0.717, 1.165) is 57.1 Å². The van der Waals surface area contributed by atoms with Crippen molar-refractivity contribution in [1.29, 1.82) is 0 Å². The fourth-order valence-electron chi connectivity index (χ4n) is 4.08. The third kappa shape index (κ3) is 7.17. The van der Waals surface area contributed by atoms with Gasteiger partial charge < -0.3 is 9.88 Å². The Balaban J connectivity index is 1.41. The highest BCUT2D eigenvalue weighted by Crippen LogP contribution is 2.28. The standard InChI is InChI=1S/C25H39N3O/c1-2-3-4-5-6-7-13-20-28-23-15-11-10-14-22(23)27-24(28)16-9-8-12-19-26-25(29)21-17-18-21/h10-11,14-15,21H,2-9,12-13,16-20H2,1H3,(H,26,29). The van der Waals surface area contributed by atoms with Crippen LogP contribution in [0.25, 0.3) is 11.0 Å². The van der Waals surface area contributed by atoms with Gasteiger partial charge in [0.25, 0.3) is 0 Å². The third-order valence-corrected chi connectivity index (χ3v) is 6.04. The van der Waals surface area contributed by atoms with E-state index in [-0.39, 0.29) is 5.91 Å². The van der Waals surface area contributed by atoms with Crippen molar-refractivity contribution < 1.29 is 4.79 Å². The number of aromatic nitrogens is 2. The molecule has 2 aromatic rings. The molecule has 1 fully saturated rings. The van der Waals surface area contributed by atoms with Crippen LogP contribution in [-0.4, -0.2) is 22.0 Å². The van der Waals surface area contributed by atoms with Crippen molar-refractivity contribution in [2.24, 2.45) is 5.92 Å². The van der Waals surface area contributed by atoms with E-state index in [0.29, 0.717) is 5.92 Å². The lowest BCUT2D eigenvalue weighted by Crippen LogP contribution is -2.25. The van der Waals surface area contributed by atoms with Crippen LogP contribution in [0.3, 0.4) is 0 Å². The molecule has 1 saturated carbocycles. The number of carbonyl (C=O) groups excluding carboxylic acids is 1. The molecule has 0 spiro atoms. The van der Waals surface area contributed by atoms with E-state index in [9.17, 15) is 4.79 Å². The number of nitrogens with zero attached hydrogens (tertiary/aromatic N) is 2. The molecular weight excluding hydrogens is 358 g/mol. The summed E-state index contributed by atoms with van der Waals surface area (Å²) >= 11 is 0. The SMILES string of the molecule is CCCCCCCCCn1c(CCCCCNC(=O)C2CC2)nc2ccccc21. The van der Waals surface area contributed by atoms with Crippen LogP contribution >= 0.6 is 0 Å². The first-order valence-electron chi connectivity index (χ1n) is 12.0. The highest BCUT2D eigenvalue weighted by atomic mass is 16.2. The second kappa shape index (κ2) is 12.0. The number of hydrogen-bond acceptors (Lipinski definition) is 2. The fraction of sp³-hybridized carbons (Fsp3) is 0.680. The molecule has 1 N–H and O–H groups in total. The van der Waals surface area contributed by atoms with Crippen molar-refractivity contribution >= 4 is 16.9 Å². The summed E-state index contributed by atoms with van der Waals surface area (Å²) in [7, 11) is 0. The lowest BCUT2D eigenvalue weighted by molar-refractivity contribution is -0.122. The first-order valence-corrected chi connectivity index (χ1v) is 12.0. The Hall–Kier alpha value is -1.84. The number of nitrogens with one attached hydrogen (secondary N) is 1. The number of fused-ring (bicyclic) bond motifs is 1. The van der Waals surface area contributed by atoms with E-state index in [1.165, 1.54) is 56.3 Å². The molecule has 4 heteroatoms. The highest BCUT2D eigenvalue weighted by Gasteiger charge is 2.28. The Labute approximate surface area is 176 Å². The molecule has 1 aromatic carbocycles. The van der Waals surface area contributed by atoms with E-state index >= 15 is 0 Å². The Morgan fingerprint density at radius 1 is 1.00 bits per heavy atom. The molecule has 1 heterocycles. The number of rotatable bonds is 15. The molecule has 1 aromatic heterocycles. The molecule has 0 radical (unpaired) electrons. The Bertz CT molecular complexity index is 748. The maximum Gasteiger partial charge on any atom is 0.223 e. The highest BCUT2D eigenvalue weighted by molar-refractivity contribution is 5.80. The molecule has 29 heavy (non-hydrogen) atoms. The molecule has 1 aliphatic carbocycles. The van der Waals surface area contributed by atoms with Crippen LogP contribution in [0.1, 0.15) is 89.8 Å². The molecule has 0 aliphatic heterocycles. The van der Waals surface area contributed by atoms with E-state index in [4.69, 9.17) is 4.98 Å². The number of benzene rings is 1. The van der Waals surface area contributed by atoms with Crippen LogP contribution in [0.2, 0.25) is 0 Å². The molecule has 1 aliphatic rings. The van der Waals surface area contributed by atoms with Crippen LogP contribution in [0, 0.1) is 5.92 Å². The molecule has 3 rings (SSSR count). The normalized spacial score (nSPS) is 13.8. The van der Waals surface area contributed by atoms with Crippen LogP contribution in [0.4, 0.5) is 0 Å². The van der Waals surface area contributed by atoms with Gasteiger partial charge in [-0.3, -0.25) is 4.79 Å². The summed E-state index contributed by atoms with van der Waals surface area (Å²) in [5, 5.41) is 3.07. The van der Waals surface area contributed by atoms with Crippen LogP contribution in [-0.2, 0) is 17.8 Å². The first-order chi connectivity index (χ1) is 14.3. The van der Waals surface area contributed by atoms with Crippen molar-refractivity contribution in [2.75, 3.05) is 6.54 Å². The third-order valence-electron chi connectivity index (χ3n) is 6.04. The minimum atomic E-state index is 0.265. The summed E-state index contributed by atoms with van der Waals surface area (Å²) in [5.74, 6) is 1.82. The van der Waals surface area contributed by atoms with Crippen LogP contribution in [0.15, 0.2) is 24.3 Å². The largest absolute Gasteiger partial charge is 0.356 e. The van der Waals surface area contributed by atoms with Crippen molar-refractivity contribution in [3.63, 3.8) is 0 Å². The zero-order valence-corrected chi connectivity index (χ0v) is 18.3. The van der Waals surface area contributed by atoms with Gasteiger partial charge in [0.1, 0.15) is 5.82 Å². The predicted molar refractivity (Wildman–Crippen MR) is 121 cm³/mol. The number of hydrogen-bond donors (Lipinski definition) is 1. The van der Waals surface area contributed by atoms with E-state index in [1.54, 1.807) is 0 Å². The number of carbonyl (C=O) groups is 1. The van der Waals surface area contributed by atoms with Crippen molar-refractivity contribution in [3.8, 4) is 0 Å². The number of imidazole rings is 1. The lowest BCUT2D eigenvalue weighted by Gasteiger charge is -2.10. The van der Waals surface area contributed by atoms with E-state index in [1.807, 2.05) is 0 Å². The minimum absolute atomic E-state index is 0.265. The van der Waals surface area contributed by atoms with Gasteiger partial charge in [-0.05, 0) is 44.2 Å². The molecule has 0 saturated heterocycles. The minimum Gasteiger partial charge on any atom is -0.356 e. The first kappa shape index (κ1) is 21.9. The van der Waals surface area contributed by atoms with Crippen molar-refractivity contribution in [2.45, 2.75) is 96.9 Å². The fourth-order valence-corrected chi connectivity index (χ4v) is 4.08. The molecule has 1 amide bonds. The number of aryl methyl sites for hydroxylation is 2. The zero-order valence-electron chi connectivity index (χ0n) is 18.3. The van der Waals surface area contributed by atoms with Gasteiger partial charge in [0.2, 0.25) is 5.91 Å². The maximum absolute atomic E-state index is 11.7. The van der Waals surface area contributed by atoms with Gasteiger partial charge in [-0.2, -0.15) is 0 Å². The topological polar surface area (TPSA) is 46.9 Å². The smallest absolute Gasteiger partial charge is 0.223 e. The summed E-state index contributed by atoms with van der Waals surface area (Å²) in [5.41, 5.74) is 2.41. The Morgan fingerprint density at radius 3 is 2.52 bits per heavy atom. The second-order valence-electron chi connectivity index (χ2n) is 8.67. The van der Waals surface area contributed by atoms with Gasteiger partial charge in [0.05, 0.1) is 11.0 Å². The summed E-state index contributed by atoms with van der Waals surface area (Å²) in [6.07, 6.45) is 15.9. The summed E-state index contributed by atoms with van der Waals surface area (Å²) in [4.78, 5) is 16.6. The van der Waals surface area contributed by atoms with Crippen molar-refractivity contribution in [3.05, 3.63) is 30.1 Å². The van der Waals surface area contributed by atoms with Gasteiger partial charge in [0.15, 0.2) is 0 Å².